The maximum atomic E-state index is 12.9. The van der Waals surface area contributed by atoms with Crippen molar-refractivity contribution in [2.75, 3.05) is 18.4 Å². The first-order valence-electron chi connectivity index (χ1n) is 9.22. The van der Waals surface area contributed by atoms with Gasteiger partial charge in [0.1, 0.15) is 5.69 Å². The van der Waals surface area contributed by atoms with E-state index >= 15 is 0 Å². The Morgan fingerprint density at radius 2 is 2.04 bits per heavy atom. The summed E-state index contributed by atoms with van der Waals surface area (Å²) < 4.78 is 1.75. The number of carbonyl (C=O) groups excluding carboxylic acids is 1. The molecule has 0 unspecified atom stereocenters. The molecule has 1 aliphatic heterocycles. The van der Waals surface area contributed by atoms with Crippen LogP contribution in [-0.2, 0) is 7.05 Å². The molecule has 2 amide bonds. The highest BCUT2D eigenvalue weighted by Crippen LogP contribution is 2.50. The molecule has 1 atom stereocenters. The van der Waals surface area contributed by atoms with E-state index in [4.69, 9.17) is 0 Å². The van der Waals surface area contributed by atoms with Crippen molar-refractivity contribution in [1.29, 1.82) is 0 Å². The van der Waals surface area contributed by atoms with Gasteiger partial charge in [0.05, 0.1) is 5.69 Å². The third-order valence-electron chi connectivity index (χ3n) is 6.14. The largest absolute Gasteiger partial charge is 0.324 e. The fraction of sp³-hybridized carbons (Fsp3) is 0.500. The second-order valence-corrected chi connectivity index (χ2v) is 7.69. The van der Waals surface area contributed by atoms with Crippen molar-refractivity contribution in [2.24, 2.45) is 18.4 Å². The van der Waals surface area contributed by atoms with Crippen LogP contribution in [-0.4, -0.2) is 33.8 Å². The number of urea groups is 1. The fourth-order valence-electron chi connectivity index (χ4n) is 4.31. The summed E-state index contributed by atoms with van der Waals surface area (Å²) in [6.07, 6.45) is 6.82. The number of hydrogen-bond acceptors (Lipinski definition) is 2. The number of amides is 2. The first-order chi connectivity index (χ1) is 12.1. The maximum absolute atomic E-state index is 12.9. The molecule has 5 heteroatoms. The Morgan fingerprint density at radius 3 is 2.72 bits per heavy atom. The van der Waals surface area contributed by atoms with Gasteiger partial charge in [0.2, 0.25) is 0 Å². The van der Waals surface area contributed by atoms with E-state index in [2.05, 4.69) is 17.3 Å². The van der Waals surface area contributed by atoms with Gasteiger partial charge in [-0.2, -0.15) is 5.10 Å². The second kappa shape index (κ2) is 6.21. The number of nitrogens with zero attached hydrogens (tertiary/aromatic N) is 3. The Labute approximate surface area is 149 Å². The molecule has 1 spiro atoms. The minimum atomic E-state index is 0.00311. The normalized spacial score (nSPS) is 21.8. The highest BCUT2D eigenvalue weighted by molar-refractivity contribution is 5.93. The van der Waals surface area contributed by atoms with Crippen LogP contribution in [0, 0.1) is 11.3 Å². The summed E-state index contributed by atoms with van der Waals surface area (Å²) in [5.74, 6) is 0.726. The molecule has 0 radical (unpaired) electrons. The molecule has 1 aromatic carbocycles. The Morgan fingerprint density at radius 1 is 1.28 bits per heavy atom. The Kier molecular flexibility index (Phi) is 4.02. The van der Waals surface area contributed by atoms with E-state index in [0.29, 0.717) is 5.41 Å². The number of anilines is 1. The van der Waals surface area contributed by atoms with E-state index < -0.39 is 0 Å². The monoisotopic (exact) mass is 338 g/mol. The van der Waals surface area contributed by atoms with Crippen LogP contribution in [0.25, 0.3) is 11.3 Å². The minimum Gasteiger partial charge on any atom is -0.324 e. The van der Waals surface area contributed by atoms with Crippen LogP contribution in [0.4, 0.5) is 10.5 Å². The quantitative estimate of drug-likeness (QED) is 0.895. The lowest BCUT2D eigenvalue weighted by molar-refractivity contribution is -0.0108. The van der Waals surface area contributed by atoms with E-state index in [-0.39, 0.29) is 6.03 Å². The Balaban J connectivity index is 1.52. The molecule has 1 saturated carbocycles. The maximum Gasteiger partial charge on any atom is 0.321 e. The highest BCUT2D eigenvalue weighted by Gasteiger charge is 2.46. The van der Waals surface area contributed by atoms with E-state index in [9.17, 15) is 4.79 Å². The molecule has 4 rings (SSSR count). The number of nitrogens with one attached hydrogen (secondary N) is 1. The summed E-state index contributed by atoms with van der Waals surface area (Å²) in [6, 6.07) is 10.00. The first-order valence-corrected chi connectivity index (χ1v) is 9.22. The zero-order chi connectivity index (χ0) is 17.4. The van der Waals surface area contributed by atoms with Crippen molar-refractivity contribution in [3.63, 3.8) is 0 Å². The standard InChI is InChI=1S/C20H26N4O/c1-15-9-12-24(14-20(15)10-6-11-20)19(25)21-17-13-23(2)22-18(17)16-7-4-3-5-8-16/h3-5,7-8,13,15H,6,9-12,14H2,1-2H3,(H,21,25)/t15-/m0/s1. The first kappa shape index (κ1) is 16.2. The van der Waals surface area contributed by atoms with Gasteiger partial charge in [-0.25, -0.2) is 4.79 Å². The molecule has 2 aliphatic rings. The van der Waals surface area contributed by atoms with Crippen LogP contribution >= 0.6 is 0 Å². The van der Waals surface area contributed by atoms with Crippen molar-refractivity contribution in [3.8, 4) is 11.3 Å². The summed E-state index contributed by atoms with van der Waals surface area (Å²) in [5, 5.41) is 7.63. The van der Waals surface area contributed by atoms with E-state index in [0.717, 1.165) is 42.4 Å². The van der Waals surface area contributed by atoms with Gasteiger partial charge >= 0.3 is 6.03 Å². The number of piperidine rings is 1. The van der Waals surface area contributed by atoms with Gasteiger partial charge < -0.3 is 10.2 Å². The van der Waals surface area contributed by atoms with Gasteiger partial charge in [-0.15, -0.1) is 0 Å². The van der Waals surface area contributed by atoms with Gasteiger partial charge in [0.15, 0.2) is 0 Å². The Bertz CT molecular complexity index is 763. The van der Waals surface area contributed by atoms with Gasteiger partial charge in [-0.3, -0.25) is 4.68 Å². The zero-order valence-electron chi connectivity index (χ0n) is 15.0. The van der Waals surface area contributed by atoms with E-state index in [1.54, 1.807) is 4.68 Å². The lowest BCUT2D eigenvalue weighted by Crippen LogP contribution is -2.54. The number of hydrogen-bond donors (Lipinski definition) is 1. The highest BCUT2D eigenvalue weighted by atomic mass is 16.2. The van der Waals surface area contributed by atoms with Crippen molar-refractivity contribution < 1.29 is 4.79 Å². The van der Waals surface area contributed by atoms with Crippen molar-refractivity contribution in [3.05, 3.63) is 36.5 Å². The van der Waals surface area contributed by atoms with Crippen LogP contribution in [0.3, 0.4) is 0 Å². The number of likely N-dealkylation sites (tertiary alicyclic amines) is 1. The Hall–Kier alpha value is -2.30. The molecule has 2 aromatic rings. The molecule has 1 N–H and O–H groups in total. The van der Waals surface area contributed by atoms with E-state index in [1.807, 2.05) is 48.5 Å². The summed E-state index contributed by atoms with van der Waals surface area (Å²) in [6.45, 7) is 4.08. The lowest BCUT2D eigenvalue weighted by Gasteiger charge is -2.52. The summed E-state index contributed by atoms with van der Waals surface area (Å²) in [7, 11) is 1.88. The van der Waals surface area contributed by atoms with Crippen LogP contribution in [0.15, 0.2) is 36.5 Å². The SMILES string of the molecule is C[C@H]1CCN(C(=O)Nc2cn(C)nc2-c2ccccc2)CC12CCC2. The van der Waals surface area contributed by atoms with Crippen molar-refractivity contribution in [2.45, 2.75) is 32.6 Å². The predicted octanol–water partition coefficient (Wildman–Crippen LogP) is 4.13. The number of benzene rings is 1. The fourth-order valence-corrected chi connectivity index (χ4v) is 4.31. The van der Waals surface area contributed by atoms with Crippen LogP contribution in [0.1, 0.15) is 32.6 Å². The van der Waals surface area contributed by atoms with Gasteiger partial charge in [-0.05, 0) is 30.6 Å². The average Bonchev–Trinajstić information content (AvgIpc) is 2.95. The molecule has 2 fully saturated rings. The van der Waals surface area contributed by atoms with Crippen LogP contribution in [0.5, 0.6) is 0 Å². The number of rotatable bonds is 2. The third kappa shape index (κ3) is 2.92. The summed E-state index contributed by atoms with van der Waals surface area (Å²) >= 11 is 0. The molecule has 0 bridgehead atoms. The number of carbonyl (C=O) groups is 1. The molecule has 25 heavy (non-hydrogen) atoms. The van der Waals surface area contributed by atoms with Crippen LogP contribution in [0.2, 0.25) is 0 Å². The molecule has 5 nitrogen and oxygen atoms in total. The van der Waals surface area contributed by atoms with Gasteiger partial charge in [0.25, 0.3) is 0 Å². The smallest absolute Gasteiger partial charge is 0.321 e. The van der Waals surface area contributed by atoms with Crippen LogP contribution < -0.4 is 5.32 Å². The van der Waals surface area contributed by atoms with Crippen molar-refractivity contribution >= 4 is 11.7 Å². The minimum absolute atomic E-state index is 0.00311. The van der Waals surface area contributed by atoms with E-state index in [1.165, 1.54) is 19.3 Å². The molecule has 1 aliphatic carbocycles. The van der Waals surface area contributed by atoms with Crippen molar-refractivity contribution in [1.82, 2.24) is 14.7 Å². The predicted molar refractivity (Wildman–Crippen MR) is 99.3 cm³/mol. The summed E-state index contributed by atoms with van der Waals surface area (Å²) in [5.41, 5.74) is 2.98. The molecule has 132 valence electrons. The topological polar surface area (TPSA) is 50.2 Å². The number of aryl methyl sites for hydroxylation is 1. The molecule has 2 heterocycles. The number of aromatic nitrogens is 2. The lowest BCUT2D eigenvalue weighted by atomic mass is 9.59. The van der Waals surface area contributed by atoms with Gasteiger partial charge in [-0.1, -0.05) is 43.7 Å². The molecular formula is C20H26N4O. The average molecular weight is 338 g/mol. The molecule has 1 aromatic heterocycles. The zero-order valence-corrected chi connectivity index (χ0v) is 15.0. The third-order valence-corrected chi connectivity index (χ3v) is 6.14. The molecular weight excluding hydrogens is 312 g/mol. The molecule has 1 saturated heterocycles. The second-order valence-electron chi connectivity index (χ2n) is 7.69. The summed E-state index contributed by atoms with van der Waals surface area (Å²) in [4.78, 5) is 14.9. The van der Waals surface area contributed by atoms with Gasteiger partial charge in [0, 0.05) is 31.9 Å².